The number of nitrogens with zero attached hydrogens (tertiary/aromatic N) is 3. The highest BCUT2D eigenvalue weighted by atomic mass is 35.5. The molecule has 8 nitrogen and oxygen atoms in total. The van der Waals surface area contributed by atoms with Gasteiger partial charge >= 0.3 is 6.18 Å². The van der Waals surface area contributed by atoms with Crippen LogP contribution >= 0.6 is 11.6 Å². The first kappa shape index (κ1) is 36.6. The SMILES string of the molecule is CN(c1nc(C(F)(F)F)ccc1Cl)N1C(=O)C2CC=C3C(CC4C(=O)C(c5ccccc5)=CC(=O)C4(c4ccccc4)C3c3c(O)ccc4ccccc34)C2C1=O. The fourth-order valence-electron chi connectivity index (χ4n) is 9.97. The molecule has 4 aromatic carbocycles. The van der Waals surface area contributed by atoms with Crippen molar-refractivity contribution in [3.63, 3.8) is 0 Å². The third kappa shape index (κ3) is 5.39. The van der Waals surface area contributed by atoms with Crippen LogP contribution in [0.4, 0.5) is 19.0 Å². The topological polar surface area (TPSA) is 108 Å². The van der Waals surface area contributed by atoms with Gasteiger partial charge < -0.3 is 5.11 Å². The van der Waals surface area contributed by atoms with Crippen molar-refractivity contribution >= 4 is 57.1 Å². The molecule has 1 saturated carbocycles. The Labute approximate surface area is 329 Å². The average molecular weight is 788 g/mol. The van der Waals surface area contributed by atoms with Crippen LogP contribution in [0.15, 0.2) is 127 Å². The molecule has 1 aliphatic heterocycles. The number of ketones is 2. The molecular formula is C45H33ClF3N3O5. The summed E-state index contributed by atoms with van der Waals surface area (Å²) in [7, 11) is 1.26. The van der Waals surface area contributed by atoms with Crippen molar-refractivity contribution in [3.8, 4) is 5.75 Å². The first-order chi connectivity index (χ1) is 27.3. The van der Waals surface area contributed by atoms with Crippen molar-refractivity contribution < 1.29 is 37.5 Å². The molecule has 9 rings (SSSR count). The van der Waals surface area contributed by atoms with E-state index in [2.05, 4.69) is 4.98 Å². The number of hydrazine groups is 1. The maximum Gasteiger partial charge on any atom is 0.433 e. The Balaban J connectivity index is 1.26. The van der Waals surface area contributed by atoms with Crippen LogP contribution in [0.25, 0.3) is 16.3 Å². The van der Waals surface area contributed by atoms with Gasteiger partial charge in [0, 0.05) is 30.0 Å². The lowest BCUT2D eigenvalue weighted by Crippen LogP contribution is -2.59. The summed E-state index contributed by atoms with van der Waals surface area (Å²) in [4.78, 5) is 63.4. The van der Waals surface area contributed by atoms with E-state index in [1.165, 1.54) is 13.1 Å². The number of allylic oxidation sites excluding steroid dienone is 4. The first-order valence-electron chi connectivity index (χ1n) is 18.5. The van der Waals surface area contributed by atoms with Crippen LogP contribution in [-0.2, 0) is 30.8 Å². The molecule has 6 unspecified atom stereocenters. The number of rotatable bonds is 5. The summed E-state index contributed by atoms with van der Waals surface area (Å²) < 4.78 is 41.3. The molecule has 3 aliphatic carbocycles. The van der Waals surface area contributed by atoms with Crippen molar-refractivity contribution in [1.82, 2.24) is 9.99 Å². The number of aromatic nitrogens is 1. The number of anilines is 1. The van der Waals surface area contributed by atoms with E-state index in [1.807, 2.05) is 48.5 Å². The number of carbonyl (C=O) groups is 4. The molecule has 2 amide bonds. The lowest BCUT2D eigenvalue weighted by atomic mass is 9.44. The second kappa shape index (κ2) is 13.3. The smallest absolute Gasteiger partial charge is 0.433 e. The molecule has 2 fully saturated rings. The monoisotopic (exact) mass is 787 g/mol. The summed E-state index contributed by atoms with van der Waals surface area (Å²) >= 11 is 6.34. The van der Waals surface area contributed by atoms with Crippen molar-refractivity contribution in [2.24, 2.45) is 23.7 Å². The summed E-state index contributed by atoms with van der Waals surface area (Å²) in [5.41, 5.74) is -0.449. The van der Waals surface area contributed by atoms with Crippen LogP contribution in [0, 0.1) is 23.7 Å². The molecule has 286 valence electrons. The van der Waals surface area contributed by atoms with E-state index in [4.69, 9.17) is 11.6 Å². The molecule has 4 aliphatic rings. The van der Waals surface area contributed by atoms with E-state index < -0.39 is 64.5 Å². The summed E-state index contributed by atoms with van der Waals surface area (Å²) in [5.74, 6) is -7.38. The van der Waals surface area contributed by atoms with E-state index in [0.717, 1.165) is 21.5 Å². The van der Waals surface area contributed by atoms with Crippen LogP contribution < -0.4 is 5.01 Å². The number of hydrogen-bond acceptors (Lipinski definition) is 7. The van der Waals surface area contributed by atoms with Crippen LogP contribution in [-0.4, -0.2) is 45.5 Å². The highest BCUT2D eigenvalue weighted by molar-refractivity contribution is 6.33. The van der Waals surface area contributed by atoms with Gasteiger partial charge in [0.2, 0.25) is 0 Å². The molecule has 12 heteroatoms. The lowest BCUT2D eigenvalue weighted by Gasteiger charge is -2.55. The molecule has 2 heterocycles. The molecule has 0 bridgehead atoms. The molecule has 57 heavy (non-hydrogen) atoms. The minimum Gasteiger partial charge on any atom is -0.508 e. The van der Waals surface area contributed by atoms with Gasteiger partial charge in [-0.05, 0) is 64.9 Å². The van der Waals surface area contributed by atoms with Crippen LogP contribution in [0.1, 0.15) is 41.1 Å². The van der Waals surface area contributed by atoms with Crippen molar-refractivity contribution in [2.45, 2.75) is 30.4 Å². The number of benzene rings is 4. The second-order valence-corrected chi connectivity index (χ2v) is 15.4. The summed E-state index contributed by atoms with van der Waals surface area (Å²) in [5, 5.41) is 14.9. The number of aromatic hydroxyl groups is 1. The Morgan fingerprint density at radius 1 is 0.842 bits per heavy atom. The highest BCUT2D eigenvalue weighted by Gasteiger charge is 2.66. The van der Waals surface area contributed by atoms with Gasteiger partial charge in [0.1, 0.15) is 11.4 Å². The van der Waals surface area contributed by atoms with Crippen molar-refractivity contribution in [1.29, 1.82) is 0 Å². The average Bonchev–Trinajstić information content (AvgIpc) is 3.47. The van der Waals surface area contributed by atoms with Crippen LogP contribution in [0.3, 0.4) is 0 Å². The van der Waals surface area contributed by atoms with Gasteiger partial charge in [-0.1, -0.05) is 114 Å². The van der Waals surface area contributed by atoms with Gasteiger partial charge in [0.05, 0.1) is 22.3 Å². The predicted molar refractivity (Wildman–Crippen MR) is 207 cm³/mol. The standard InChI is InChI=1S/C45H33ClF3N3O5/c1-51(41-33(46)19-21-35(50-41)45(47,48)49)52-42(56)29-18-17-28-31(37(29)43(52)57)22-32-40(55)30(24-10-4-2-5-11-24)23-36(54)44(32,26-13-6-3-7-14-26)39(28)38-27-15-9-8-12-25(27)16-20-34(38)53/h2-17,19-21,23,29,31-32,37,39,53H,18,22H2,1H3. The van der Waals surface area contributed by atoms with Crippen LogP contribution in [0.2, 0.25) is 5.02 Å². The number of carbonyl (C=O) groups excluding carboxylic acids is 4. The number of phenols is 1. The number of alkyl halides is 3. The molecule has 0 spiro atoms. The van der Waals surface area contributed by atoms with Crippen molar-refractivity contribution in [3.05, 3.63) is 154 Å². The van der Waals surface area contributed by atoms with E-state index in [-0.39, 0.29) is 40.8 Å². The molecule has 6 atom stereocenters. The first-order valence-corrected chi connectivity index (χ1v) is 18.9. The third-order valence-corrected chi connectivity index (χ3v) is 12.6. The number of pyridine rings is 1. The molecule has 5 aromatic rings. The van der Waals surface area contributed by atoms with Gasteiger partial charge in [-0.3, -0.25) is 24.2 Å². The Kier molecular flexibility index (Phi) is 8.51. The minimum atomic E-state index is -4.82. The summed E-state index contributed by atoms with van der Waals surface area (Å²) in [6.45, 7) is 0. The zero-order chi connectivity index (χ0) is 40.0. The highest BCUT2D eigenvalue weighted by Crippen LogP contribution is 2.65. The lowest BCUT2D eigenvalue weighted by molar-refractivity contribution is -0.141. The maximum atomic E-state index is 15.4. The number of fused-ring (bicyclic) bond motifs is 5. The quantitative estimate of drug-likeness (QED) is 0.141. The summed E-state index contributed by atoms with van der Waals surface area (Å²) in [6, 6.07) is 30.4. The van der Waals surface area contributed by atoms with E-state index in [9.17, 15) is 27.9 Å². The number of imide groups is 1. The normalized spacial score (nSPS) is 25.8. The van der Waals surface area contributed by atoms with Gasteiger partial charge in [0.15, 0.2) is 17.4 Å². The van der Waals surface area contributed by atoms with Crippen LogP contribution in [0.5, 0.6) is 5.75 Å². The predicted octanol–water partition coefficient (Wildman–Crippen LogP) is 8.49. The van der Waals surface area contributed by atoms with Gasteiger partial charge in [0.25, 0.3) is 11.8 Å². The Morgan fingerprint density at radius 2 is 1.53 bits per heavy atom. The van der Waals surface area contributed by atoms with E-state index in [1.54, 1.807) is 54.6 Å². The van der Waals surface area contributed by atoms with E-state index in [0.29, 0.717) is 33.7 Å². The zero-order valence-corrected chi connectivity index (χ0v) is 31.0. The molecule has 1 saturated heterocycles. The summed E-state index contributed by atoms with van der Waals surface area (Å²) in [6.07, 6.45) is -1.50. The molecular weight excluding hydrogens is 755 g/mol. The van der Waals surface area contributed by atoms with Gasteiger partial charge in [-0.25, -0.2) is 4.98 Å². The Bertz CT molecular complexity index is 2590. The number of Topliss-reactive ketones (excluding diaryl/α,β-unsaturated/α-hetero) is 1. The number of hydrogen-bond donors (Lipinski definition) is 1. The largest absolute Gasteiger partial charge is 0.508 e. The second-order valence-electron chi connectivity index (χ2n) is 15.0. The zero-order valence-electron chi connectivity index (χ0n) is 30.3. The maximum absolute atomic E-state index is 15.4. The van der Waals surface area contributed by atoms with Crippen molar-refractivity contribution in [2.75, 3.05) is 12.1 Å². The van der Waals surface area contributed by atoms with Gasteiger partial charge in [-0.2, -0.15) is 18.2 Å². The number of amides is 2. The molecule has 0 radical (unpaired) electrons. The Hall–Kier alpha value is -6.07. The third-order valence-electron chi connectivity index (χ3n) is 12.3. The fourth-order valence-corrected chi connectivity index (χ4v) is 10.2. The Morgan fingerprint density at radius 3 is 2.25 bits per heavy atom. The minimum absolute atomic E-state index is 0.00217. The molecule has 1 N–H and O–H groups in total. The fraction of sp³-hybridized carbons (Fsp3) is 0.222. The number of phenolic OH excluding ortho intramolecular Hbond substituents is 1. The number of halogens is 4. The molecule has 1 aromatic heterocycles. The van der Waals surface area contributed by atoms with E-state index >= 15 is 9.59 Å². The van der Waals surface area contributed by atoms with Gasteiger partial charge in [-0.15, -0.1) is 0 Å².